The molecule has 1 aromatic carbocycles. The highest BCUT2D eigenvalue weighted by molar-refractivity contribution is 5.95. The average molecular weight is 425 g/mol. The first-order chi connectivity index (χ1) is 14.9. The minimum Gasteiger partial charge on any atom is -0.493 e. The van der Waals surface area contributed by atoms with Gasteiger partial charge in [0.2, 0.25) is 0 Å². The van der Waals surface area contributed by atoms with Crippen molar-refractivity contribution in [3.8, 4) is 11.5 Å². The van der Waals surface area contributed by atoms with E-state index < -0.39 is 0 Å². The van der Waals surface area contributed by atoms with E-state index in [1.807, 2.05) is 24.0 Å². The van der Waals surface area contributed by atoms with Gasteiger partial charge in [-0.25, -0.2) is 9.97 Å². The molecule has 7 nitrogen and oxygen atoms in total. The number of anilines is 1. The number of hydrogen-bond acceptors (Lipinski definition) is 6. The van der Waals surface area contributed by atoms with Crippen LogP contribution in [0, 0.1) is 6.92 Å². The van der Waals surface area contributed by atoms with Gasteiger partial charge in [-0.05, 0) is 25.5 Å². The molecule has 1 aromatic heterocycles. The normalized spacial score (nSPS) is 14.0. The quantitative estimate of drug-likeness (QED) is 0.633. The minimum atomic E-state index is -0.00680. The first-order valence-electron chi connectivity index (χ1n) is 10.6. The average Bonchev–Trinajstić information content (AvgIpc) is 2.77. The minimum absolute atomic E-state index is 0.00680. The van der Waals surface area contributed by atoms with Crippen molar-refractivity contribution in [2.24, 2.45) is 0 Å². The number of amides is 1. The van der Waals surface area contributed by atoms with E-state index in [1.165, 1.54) is 0 Å². The fourth-order valence-electron chi connectivity index (χ4n) is 3.79. The molecule has 0 spiro atoms. The number of nitrogens with zero attached hydrogens (tertiary/aromatic N) is 4. The summed E-state index contributed by atoms with van der Waals surface area (Å²) in [6.45, 7) is 12.7. The van der Waals surface area contributed by atoms with Crippen molar-refractivity contribution in [1.29, 1.82) is 0 Å². The fraction of sp³-hybridized carbons (Fsp3) is 0.458. The molecule has 1 amide bonds. The molecule has 7 heteroatoms. The van der Waals surface area contributed by atoms with Gasteiger partial charge < -0.3 is 19.3 Å². The molecule has 1 saturated heterocycles. The summed E-state index contributed by atoms with van der Waals surface area (Å²) in [6.07, 6.45) is 2.39. The molecule has 31 heavy (non-hydrogen) atoms. The molecule has 0 aliphatic carbocycles. The lowest BCUT2D eigenvalue weighted by Crippen LogP contribution is -2.49. The predicted octanol–water partition coefficient (Wildman–Crippen LogP) is 3.62. The summed E-state index contributed by atoms with van der Waals surface area (Å²) < 4.78 is 10.9. The first-order valence-corrected chi connectivity index (χ1v) is 10.6. The van der Waals surface area contributed by atoms with E-state index in [2.05, 4.69) is 30.3 Å². The van der Waals surface area contributed by atoms with E-state index in [1.54, 1.807) is 26.4 Å². The molecule has 1 aliphatic heterocycles. The van der Waals surface area contributed by atoms with Gasteiger partial charge >= 0.3 is 0 Å². The van der Waals surface area contributed by atoms with Crippen LogP contribution in [0.2, 0.25) is 0 Å². The van der Waals surface area contributed by atoms with Crippen molar-refractivity contribution < 1.29 is 14.3 Å². The molecule has 0 bridgehead atoms. The summed E-state index contributed by atoms with van der Waals surface area (Å²) in [7, 11) is 3.18. The Morgan fingerprint density at radius 1 is 1.13 bits per heavy atom. The second-order valence-electron chi connectivity index (χ2n) is 8.02. The molecule has 3 rings (SSSR count). The van der Waals surface area contributed by atoms with Crippen LogP contribution in [0.3, 0.4) is 0 Å². The van der Waals surface area contributed by atoms with Crippen molar-refractivity contribution in [2.75, 3.05) is 45.3 Å². The number of aromatic nitrogens is 2. The maximum Gasteiger partial charge on any atom is 0.254 e. The zero-order chi connectivity index (χ0) is 22.5. The number of rotatable bonds is 7. The Balaban J connectivity index is 1.76. The largest absolute Gasteiger partial charge is 0.493 e. The number of piperazine rings is 1. The SMILES string of the molecule is C=CCc1cc(C(=O)N2CCN(c3cc(C)nc(C(C)C)n3)CC2)cc(OC)c1OC. The molecule has 1 aliphatic rings. The fourth-order valence-corrected chi connectivity index (χ4v) is 3.79. The first kappa shape index (κ1) is 22.6. The Morgan fingerprint density at radius 3 is 2.42 bits per heavy atom. The van der Waals surface area contributed by atoms with Crippen LogP contribution in [0.4, 0.5) is 5.82 Å². The third kappa shape index (κ3) is 4.98. The van der Waals surface area contributed by atoms with Gasteiger partial charge in [0.15, 0.2) is 11.5 Å². The van der Waals surface area contributed by atoms with Gasteiger partial charge in [0.1, 0.15) is 11.6 Å². The molecule has 1 fully saturated rings. The van der Waals surface area contributed by atoms with E-state index in [-0.39, 0.29) is 11.8 Å². The Morgan fingerprint density at radius 2 is 1.84 bits per heavy atom. The highest BCUT2D eigenvalue weighted by atomic mass is 16.5. The number of allylic oxidation sites excluding steroid dienone is 1. The molecule has 2 aromatic rings. The lowest BCUT2D eigenvalue weighted by molar-refractivity contribution is 0.0746. The van der Waals surface area contributed by atoms with Crippen LogP contribution in [0.25, 0.3) is 0 Å². The summed E-state index contributed by atoms with van der Waals surface area (Å²) in [4.78, 5) is 26.6. The summed E-state index contributed by atoms with van der Waals surface area (Å²) in [5, 5.41) is 0. The van der Waals surface area contributed by atoms with Crippen molar-refractivity contribution in [1.82, 2.24) is 14.9 Å². The molecule has 0 N–H and O–H groups in total. The van der Waals surface area contributed by atoms with Crippen LogP contribution >= 0.6 is 0 Å². The van der Waals surface area contributed by atoms with Crippen molar-refractivity contribution in [3.63, 3.8) is 0 Å². The zero-order valence-electron chi connectivity index (χ0n) is 19.1. The number of aryl methyl sites for hydroxylation is 1. The van der Waals surface area contributed by atoms with E-state index >= 15 is 0 Å². The van der Waals surface area contributed by atoms with Crippen LogP contribution in [0.1, 0.15) is 47.2 Å². The molecule has 0 saturated carbocycles. The van der Waals surface area contributed by atoms with Crippen LogP contribution < -0.4 is 14.4 Å². The van der Waals surface area contributed by atoms with Crippen LogP contribution in [0.15, 0.2) is 30.9 Å². The number of benzene rings is 1. The lowest BCUT2D eigenvalue weighted by atomic mass is 10.0. The van der Waals surface area contributed by atoms with E-state index in [0.717, 1.165) is 36.0 Å². The Hall–Kier alpha value is -3.09. The Labute approximate surface area is 184 Å². The van der Waals surface area contributed by atoms with Crippen molar-refractivity contribution in [2.45, 2.75) is 33.1 Å². The summed E-state index contributed by atoms with van der Waals surface area (Å²) >= 11 is 0. The maximum atomic E-state index is 13.2. The molecular weight excluding hydrogens is 392 g/mol. The highest BCUT2D eigenvalue weighted by Crippen LogP contribution is 2.33. The lowest BCUT2D eigenvalue weighted by Gasteiger charge is -2.35. The van der Waals surface area contributed by atoms with Gasteiger partial charge in [0.25, 0.3) is 5.91 Å². The van der Waals surface area contributed by atoms with Gasteiger partial charge in [0, 0.05) is 55.0 Å². The predicted molar refractivity (Wildman–Crippen MR) is 122 cm³/mol. The van der Waals surface area contributed by atoms with Crippen LogP contribution in [0.5, 0.6) is 11.5 Å². The number of carbonyl (C=O) groups is 1. The highest BCUT2D eigenvalue weighted by Gasteiger charge is 2.25. The molecular formula is C24H32N4O3. The van der Waals surface area contributed by atoms with Crippen LogP contribution in [-0.4, -0.2) is 61.2 Å². The number of hydrogen-bond donors (Lipinski definition) is 0. The van der Waals surface area contributed by atoms with E-state index in [9.17, 15) is 4.79 Å². The molecule has 0 atom stereocenters. The monoisotopic (exact) mass is 424 g/mol. The molecule has 0 unspecified atom stereocenters. The summed E-state index contributed by atoms with van der Waals surface area (Å²) in [5.41, 5.74) is 2.45. The van der Waals surface area contributed by atoms with Crippen molar-refractivity contribution >= 4 is 11.7 Å². The topological polar surface area (TPSA) is 67.8 Å². The number of carbonyl (C=O) groups excluding carboxylic acids is 1. The second-order valence-corrected chi connectivity index (χ2v) is 8.02. The third-order valence-corrected chi connectivity index (χ3v) is 5.43. The standard InChI is InChI=1S/C24H32N4O3/c1-7-8-18-14-19(15-20(30-5)22(18)31-6)24(29)28-11-9-27(10-12-28)21-13-17(4)25-23(26-21)16(2)3/h7,13-16H,1,8-12H2,2-6H3. The van der Waals surface area contributed by atoms with Gasteiger partial charge in [-0.15, -0.1) is 6.58 Å². The number of methoxy groups -OCH3 is 2. The summed E-state index contributed by atoms with van der Waals surface area (Å²) in [6, 6.07) is 5.64. The maximum absolute atomic E-state index is 13.2. The third-order valence-electron chi connectivity index (χ3n) is 5.43. The molecule has 0 radical (unpaired) electrons. The van der Waals surface area contributed by atoms with Gasteiger partial charge in [-0.1, -0.05) is 19.9 Å². The van der Waals surface area contributed by atoms with Crippen molar-refractivity contribution in [3.05, 3.63) is 53.5 Å². The van der Waals surface area contributed by atoms with Gasteiger partial charge in [-0.3, -0.25) is 4.79 Å². The van der Waals surface area contributed by atoms with E-state index in [0.29, 0.717) is 36.6 Å². The molecule has 2 heterocycles. The van der Waals surface area contributed by atoms with Gasteiger partial charge in [-0.2, -0.15) is 0 Å². The van der Waals surface area contributed by atoms with E-state index in [4.69, 9.17) is 14.5 Å². The Kier molecular flexibility index (Phi) is 7.15. The smallest absolute Gasteiger partial charge is 0.254 e. The Bertz CT molecular complexity index is 950. The number of ether oxygens (including phenoxy) is 2. The summed E-state index contributed by atoms with van der Waals surface area (Å²) in [5.74, 6) is 3.26. The van der Waals surface area contributed by atoms with Gasteiger partial charge in [0.05, 0.1) is 14.2 Å². The molecule has 166 valence electrons. The zero-order valence-corrected chi connectivity index (χ0v) is 19.1. The second kappa shape index (κ2) is 9.81. The van der Waals surface area contributed by atoms with Crippen LogP contribution in [-0.2, 0) is 6.42 Å².